The molecule has 0 aliphatic rings. The Balaban J connectivity index is 3.91. The van der Waals surface area contributed by atoms with E-state index in [4.69, 9.17) is 0 Å². The largest absolute Gasteiger partial charge is 0.382 e. The molecular formula is C9H16O2. The van der Waals surface area contributed by atoms with Gasteiger partial charge < -0.3 is 5.11 Å². The molecule has 0 amide bonds. The predicted molar refractivity (Wildman–Crippen MR) is 45.4 cm³/mol. The van der Waals surface area contributed by atoms with Crippen molar-refractivity contribution in [2.75, 3.05) is 0 Å². The first-order valence-corrected chi connectivity index (χ1v) is 3.91. The molecule has 0 rings (SSSR count). The molecule has 0 aromatic carbocycles. The second-order valence-electron chi connectivity index (χ2n) is 2.88. The van der Waals surface area contributed by atoms with Crippen LogP contribution >= 0.6 is 0 Å². The van der Waals surface area contributed by atoms with E-state index in [1.165, 1.54) is 0 Å². The van der Waals surface area contributed by atoms with Crippen molar-refractivity contribution in [2.24, 2.45) is 0 Å². The number of ketones is 1. The molecule has 1 N–H and O–H groups in total. The van der Waals surface area contributed by atoms with E-state index in [0.29, 0.717) is 19.3 Å². The number of carbonyl (C=O) groups is 1. The fourth-order valence-electron chi connectivity index (χ4n) is 0.700. The zero-order chi connectivity index (χ0) is 8.91. The van der Waals surface area contributed by atoms with Crippen LogP contribution in [0.15, 0.2) is 12.7 Å². The highest BCUT2D eigenvalue weighted by Gasteiger charge is 2.26. The number of Topliss-reactive ketones (excluding diaryl/α,β-unsaturated/α-hetero) is 1. The summed E-state index contributed by atoms with van der Waals surface area (Å²) in [4.78, 5) is 11.2. The molecule has 64 valence electrons. The Morgan fingerprint density at radius 3 is 2.64 bits per heavy atom. The summed E-state index contributed by atoms with van der Waals surface area (Å²) in [6.07, 6.45) is 3.20. The number of aliphatic hydroxyl groups is 1. The molecule has 11 heavy (non-hydrogen) atoms. The molecule has 0 radical (unpaired) electrons. The highest BCUT2D eigenvalue weighted by atomic mass is 16.3. The number of carbonyl (C=O) groups excluding carboxylic acids is 1. The molecule has 0 saturated heterocycles. The van der Waals surface area contributed by atoms with Crippen molar-refractivity contribution in [3.63, 3.8) is 0 Å². The minimum Gasteiger partial charge on any atom is -0.382 e. The van der Waals surface area contributed by atoms with Gasteiger partial charge in [0.25, 0.3) is 0 Å². The lowest BCUT2D eigenvalue weighted by atomic mass is 9.95. The molecule has 2 heteroatoms. The van der Waals surface area contributed by atoms with Crippen LogP contribution in [0.1, 0.15) is 33.1 Å². The van der Waals surface area contributed by atoms with Gasteiger partial charge in [-0.25, -0.2) is 0 Å². The average molecular weight is 156 g/mol. The lowest BCUT2D eigenvalue weighted by molar-refractivity contribution is -0.135. The smallest absolute Gasteiger partial charge is 0.164 e. The van der Waals surface area contributed by atoms with E-state index in [1.807, 2.05) is 0 Å². The fourth-order valence-corrected chi connectivity index (χ4v) is 0.700. The second kappa shape index (κ2) is 4.29. The van der Waals surface area contributed by atoms with Gasteiger partial charge >= 0.3 is 0 Å². The molecule has 0 aliphatic carbocycles. The molecule has 0 heterocycles. The second-order valence-corrected chi connectivity index (χ2v) is 2.88. The zero-order valence-electron chi connectivity index (χ0n) is 7.26. The van der Waals surface area contributed by atoms with E-state index >= 15 is 0 Å². The van der Waals surface area contributed by atoms with Crippen LogP contribution in [0.2, 0.25) is 0 Å². The van der Waals surface area contributed by atoms with Crippen molar-refractivity contribution in [1.29, 1.82) is 0 Å². The summed E-state index contributed by atoms with van der Waals surface area (Å²) in [5.74, 6) is -0.0973. The molecule has 1 atom stereocenters. The van der Waals surface area contributed by atoms with Gasteiger partial charge in [0.05, 0.1) is 0 Å². The molecule has 0 aliphatic heterocycles. The van der Waals surface area contributed by atoms with Gasteiger partial charge in [-0.3, -0.25) is 4.79 Å². The maximum atomic E-state index is 11.2. The van der Waals surface area contributed by atoms with Gasteiger partial charge in [0.1, 0.15) is 5.60 Å². The van der Waals surface area contributed by atoms with Crippen molar-refractivity contribution in [3.05, 3.63) is 12.7 Å². The summed E-state index contributed by atoms with van der Waals surface area (Å²) in [6.45, 7) is 6.86. The van der Waals surface area contributed by atoms with Crippen molar-refractivity contribution < 1.29 is 9.90 Å². The monoisotopic (exact) mass is 156 g/mol. The summed E-state index contributed by atoms with van der Waals surface area (Å²) in [7, 11) is 0. The average Bonchev–Trinajstić information content (AvgIpc) is 2.00. The zero-order valence-corrected chi connectivity index (χ0v) is 7.26. The molecule has 0 spiro atoms. The first kappa shape index (κ1) is 10.4. The summed E-state index contributed by atoms with van der Waals surface area (Å²) in [5, 5.41) is 9.43. The minimum absolute atomic E-state index is 0.0973. The van der Waals surface area contributed by atoms with Crippen LogP contribution in [-0.2, 0) is 4.79 Å². The van der Waals surface area contributed by atoms with Crippen LogP contribution in [-0.4, -0.2) is 16.5 Å². The van der Waals surface area contributed by atoms with E-state index in [-0.39, 0.29) is 5.78 Å². The van der Waals surface area contributed by atoms with Crippen LogP contribution < -0.4 is 0 Å². The fraction of sp³-hybridized carbons (Fsp3) is 0.667. The van der Waals surface area contributed by atoms with Gasteiger partial charge in [-0.1, -0.05) is 13.0 Å². The number of allylic oxidation sites excluding steroid dienone is 1. The topological polar surface area (TPSA) is 37.3 Å². The highest BCUT2D eigenvalue weighted by molar-refractivity contribution is 5.86. The molecule has 0 bridgehead atoms. The van der Waals surface area contributed by atoms with Crippen LogP contribution in [0.4, 0.5) is 0 Å². The molecule has 0 aromatic heterocycles. The molecular weight excluding hydrogens is 140 g/mol. The predicted octanol–water partition coefficient (Wildman–Crippen LogP) is 1.68. The van der Waals surface area contributed by atoms with E-state index in [1.54, 1.807) is 19.9 Å². The normalized spacial score (nSPS) is 15.5. The molecule has 0 aromatic rings. The Hall–Kier alpha value is -0.630. The van der Waals surface area contributed by atoms with Crippen molar-refractivity contribution in [3.8, 4) is 0 Å². The number of hydrogen-bond acceptors (Lipinski definition) is 2. The maximum Gasteiger partial charge on any atom is 0.164 e. The van der Waals surface area contributed by atoms with Gasteiger partial charge in [0.15, 0.2) is 5.78 Å². The van der Waals surface area contributed by atoms with E-state index < -0.39 is 5.60 Å². The van der Waals surface area contributed by atoms with Gasteiger partial charge in [0, 0.05) is 6.42 Å². The van der Waals surface area contributed by atoms with Crippen molar-refractivity contribution >= 4 is 5.78 Å². The minimum atomic E-state index is -1.14. The Kier molecular flexibility index (Phi) is 4.04. The van der Waals surface area contributed by atoms with E-state index in [2.05, 4.69) is 6.58 Å². The Bertz CT molecular complexity index is 148. The molecule has 0 fully saturated rings. The standard InChI is InChI=1S/C9H16O2/c1-4-6-7-8(10)9(3,11)5-2/h4,11H,1,5-7H2,2-3H3. The molecule has 0 saturated carbocycles. The van der Waals surface area contributed by atoms with Crippen LogP contribution in [0.3, 0.4) is 0 Å². The summed E-state index contributed by atoms with van der Waals surface area (Å²) < 4.78 is 0. The molecule has 2 nitrogen and oxygen atoms in total. The van der Waals surface area contributed by atoms with Crippen LogP contribution in [0.25, 0.3) is 0 Å². The van der Waals surface area contributed by atoms with Gasteiger partial charge in [0.2, 0.25) is 0 Å². The maximum absolute atomic E-state index is 11.2. The molecule has 1 unspecified atom stereocenters. The van der Waals surface area contributed by atoms with Gasteiger partial charge in [-0.05, 0) is 19.8 Å². The van der Waals surface area contributed by atoms with E-state index in [0.717, 1.165) is 0 Å². The Labute approximate surface area is 67.9 Å². The summed E-state index contributed by atoms with van der Waals surface area (Å²) in [6, 6.07) is 0. The third kappa shape index (κ3) is 3.33. The number of hydrogen-bond donors (Lipinski definition) is 1. The Morgan fingerprint density at radius 1 is 1.73 bits per heavy atom. The summed E-state index contributed by atoms with van der Waals surface area (Å²) in [5.41, 5.74) is -1.14. The van der Waals surface area contributed by atoms with Gasteiger partial charge in [-0.2, -0.15) is 0 Å². The summed E-state index contributed by atoms with van der Waals surface area (Å²) >= 11 is 0. The highest BCUT2D eigenvalue weighted by Crippen LogP contribution is 2.13. The van der Waals surface area contributed by atoms with Gasteiger partial charge in [-0.15, -0.1) is 6.58 Å². The lowest BCUT2D eigenvalue weighted by Gasteiger charge is -2.18. The number of rotatable bonds is 5. The SMILES string of the molecule is C=CCCC(=O)C(C)(O)CC. The van der Waals surface area contributed by atoms with E-state index in [9.17, 15) is 9.90 Å². The van der Waals surface area contributed by atoms with Crippen LogP contribution in [0, 0.1) is 0 Å². The third-order valence-corrected chi connectivity index (χ3v) is 1.86. The Morgan fingerprint density at radius 2 is 2.27 bits per heavy atom. The third-order valence-electron chi connectivity index (χ3n) is 1.86. The van der Waals surface area contributed by atoms with Crippen LogP contribution in [0.5, 0.6) is 0 Å². The lowest BCUT2D eigenvalue weighted by Crippen LogP contribution is -2.33. The quantitative estimate of drug-likeness (QED) is 0.615. The first-order valence-electron chi connectivity index (χ1n) is 3.91. The first-order chi connectivity index (χ1) is 5.04. The van der Waals surface area contributed by atoms with Crippen molar-refractivity contribution in [1.82, 2.24) is 0 Å². The van der Waals surface area contributed by atoms with Crippen molar-refractivity contribution in [2.45, 2.75) is 38.7 Å².